The number of halogens is 2. The van der Waals surface area contributed by atoms with Crippen LogP contribution in [0.25, 0.3) is 22.6 Å². The van der Waals surface area contributed by atoms with E-state index in [9.17, 15) is 4.79 Å². The molecule has 9 nitrogen and oxygen atoms in total. The highest BCUT2D eigenvalue weighted by Crippen LogP contribution is 2.52. The molecule has 2 aliphatic carbocycles. The van der Waals surface area contributed by atoms with Gasteiger partial charge in [0.25, 0.3) is 5.89 Å². The Balaban J connectivity index is 1.08. The highest BCUT2D eigenvalue weighted by Gasteiger charge is 2.54. The topological polar surface area (TPSA) is 121 Å². The Morgan fingerprint density at radius 2 is 1.73 bits per heavy atom. The van der Waals surface area contributed by atoms with Crippen molar-refractivity contribution in [2.45, 2.75) is 62.3 Å². The van der Waals surface area contributed by atoms with Gasteiger partial charge in [-0.1, -0.05) is 51.7 Å². The lowest BCUT2D eigenvalue weighted by atomic mass is 9.73. The number of rotatable bonds is 8. The van der Waals surface area contributed by atoms with Crippen molar-refractivity contribution in [2.75, 3.05) is 6.61 Å². The fraction of sp³-hybridized carbons (Fsp3) is 0.379. The molecule has 4 heterocycles. The lowest BCUT2D eigenvalue weighted by Crippen LogP contribution is -2.54. The molecule has 0 amide bonds. The first-order valence-corrected chi connectivity index (χ1v) is 14.0. The van der Waals surface area contributed by atoms with Gasteiger partial charge in [-0.2, -0.15) is 4.98 Å². The molecule has 8 rings (SSSR count). The van der Waals surface area contributed by atoms with Gasteiger partial charge in [-0.15, -0.1) is 0 Å². The van der Waals surface area contributed by atoms with Crippen LogP contribution in [0.2, 0.25) is 10.0 Å². The predicted molar refractivity (Wildman–Crippen MR) is 144 cm³/mol. The summed E-state index contributed by atoms with van der Waals surface area (Å²) in [6.45, 7) is 0.712. The van der Waals surface area contributed by atoms with E-state index >= 15 is 0 Å². The van der Waals surface area contributed by atoms with Crippen LogP contribution in [-0.4, -0.2) is 38.6 Å². The monoisotopic (exact) mass is 581 g/mol. The van der Waals surface area contributed by atoms with Crippen molar-refractivity contribution in [2.24, 2.45) is 0 Å². The van der Waals surface area contributed by atoms with Crippen molar-refractivity contribution in [3.63, 3.8) is 0 Å². The summed E-state index contributed by atoms with van der Waals surface area (Å²) in [6, 6.07) is 11.8. The number of nitrogens with zero attached hydrogens (tertiary/aromatic N) is 3. The molecule has 0 radical (unpaired) electrons. The number of hydrogen-bond donors (Lipinski definition) is 1. The number of ether oxygens (including phenoxy) is 2. The molecule has 2 bridgehead atoms. The van der Waals surface area contributed by atoms with Gasteiger partial charge in [0.2, 0.25) is 5.82 Å². The minimum absolute atomic E-state index is 0.197. The van der Waals surface area contributed by atoms with Crippen molar-refractivity contribution < 1.29 is 28.4 Å². The molecule has 2 saturated heterocycles. The standard InChI is InChI=1S/C29H25Cl2N3O6/c30-20-2-1-3-21(31)22(20)23-19(24(39-33-23)16-4-5-16)14-37-28-10-12-29(13-11-28,38-15-28)27-32-25(34-40-27)17-6-8-18(9-7-17)26(35)36/h1-3,6-9,16H,4-5,10-15H2,(H,35,36). The fourth-order valence-electron chi connectivity index (χ4n) is 5.69. The Bertz CT molecular complexity index is 1550. The van der Waals surface area contributed by atoms with Crippen LogP contribution >= 0.6 is 23.2 Å². The Morgan fingerprint density at radius 1 is 1.00 bits per heavy atom. The SMILES string of the molecule is O=C(O)c1ccc(-c2noc(C34CCC(OCc5c(-c6c(Cl)cccc6Cl)noc5C5CC5)(CC3)CO4)n2)cc1. The number of hydrogen-bond acceptors (Lipinski definition) is 8. The maximum atomic E-state index is 11.1. The number of aromatic carboxylic acids is 1. The number of benzene rings is 2. The number of carbonyl (C=O) groups is 1. The van der Waals surface area contributed by atoms with E-state index in [0.717, 1.165) is 37.0 Å². The van der Waals surface area contributed by atoms with Crippen LogP contribution < -0.4 is 0 Å². The van der Waals surface area contributed by atoms with Crippen LogP contribution in [0.4, 0.5) is 0 Å². The lowest BCUT2D eigenvalue weighted by Gasteiger charge is -2.50. The molecular formula is C29H25Cl2N3O6. The molecule has 2 aliphatic heterocycles. The number of carboxylic acids is 1. The summed E-state index contributed by atoms with van der Waals surface area (Å²) in [7, 11) is 0. The van der Waals surface area contributed by atoms with Gasteiger partial charge in [0.1, 0.15) is 17.1 Å². The van der Waals surface area contributed by atoms with Crippen LogP contribution in [0.15, 0.2) is 51.5 Å². The van der Waals surface area contributed by atoms with Crippen molar-refractivity contribution in [3.05, 3.63) is 75.3 Å². The van der Waals surface area contributed by atoms with E-state index < -0.39 is 17.2 Å². The van der Waals surface area contributed by atoms with Gasteiger partial charge >= 0.3 is 5.97 Å². The number of carboxylic acid groups (broad SMARTS) is 1. The van der Waals surface area contributed by atoms with Gasteiger partial charge in [-0.05, 0) is 62.8 Å². The summed E-state index contributed by atoms with van der Waals surface area (Å²) in [6.07, 6.45) is 5.01. The van der Waals surface area contributed by atoms with E-state index in [1.165, 1.54) is 12.1 Å². The van der Waals surface area contributed by atoms with Gasteiger partial charge in [0.15, 0.2) is 0 Å². The fourth-order valence-corrected chi connectivity index (χ4v) is 6.27. The molecule has 1 N–H and O–H groups in total. The minimum Gasteiger partial charge on any atom is -0.478 e. The number of fused-ring (bicyclic) bond motifs is 3. The molecule has 4 aromatic rings. The second-order valence-corrected chi connectivity index (χ2v) is 11.6. The molecule has 40 heavy (non-hydrogen) atoms. The highest BCUT2D eigenvalue weighted by atomic mass is 35.5. The van der Waals surface area contributed by atoms with Crippen LogP contribution in [0.3, 0.4) is 0 Å². The Labute approximate surface area is 239 Å². The maximum absolute atomic E-state index is 11.1. The minimum atomic E-state index is -0.987. The van der Waals surface area contributed by atoms with Gasteiger partial charge in [0, 0.05) is 22.6 Å². The molecule has 206 valence electrons. The molecule has 4 aliphatic rings. The van der Waals surface area contributed by atoms with Gasteiger partial charge in [0.05, 0.1) is 34.4 Å². The third-order valence-corrected chi connectivity index (χ3v) is 8.91. The first-order valence-electron chi connectivity index (χ1n) is 13.3. The molecule has 11 heteroatoms. The average molecular weight is 582 g/mol. The maximum Gasteiger partial charge on any atom is 0.335 e. The molecular weight excluding hydrogens is 557 g/mol. The van der Waals surface area contributed by atoms with E-state index in [-0.39, 0.29) is 5.56 Å². The zero-order chi connectivity index (χ0) is 27.5. The summed E-state index contributed by atoms with van der Waals surface area (Å²) in [5.74, 6) is 1.03. The van der Waals surface area contributed by atoms with E-state index in [0.29, 0.717) is 70.6 Å². The molecule has 4 fully saturated rings. The van der Waals surface area contributed by atoms with Crippen LogP contribution in [0.5, 0.6) is 0 Å². The lowest BCUT2D eigenvalue weighted by molar-refractivity contribution is -0.250. The first-order chi connectivity index (χ1) is 19.4. The summed E-state index contributed by atoms with van der Waals surface area (Å²) in [4.78, 5) is 15.8. The zero-order valence-corrected chi connectivity index (χ0v) is 22.9. The average Bonchev–Trinajstić information content (AvgIpc) is 3.53. The Morgan fingerprint density at radius 3 is 2.35 bits per heavy atom. The molecule has 2 saturated carbocycles. The smallest absolute Gasteiger partial charge is 0.335 e. The highest BCUT2D eigenvalue weighted by molar-refractivity contribution is 6.39. The first kappa shape index (κ1) is 25.7. The van der Waals surface area contributed by atoms with Crippen molar-refractivity contribution in [3.8, 4) is 22.6 Å². The van der Waals surface area contributed by atoms with E-state index in [1.807, 2.05) is 0 Å². The van der Waals surface area contributed by atoms with E-state index in [4.69, 9.17) is 46.8 Å². The second kappa shape index (κ2) is 9.69. The van der Waals surface area contributed by atoms with Gasteiger partial charge < -0.3 is 23.6 Å². The third kappa shape index (κ3) is 4.41. The quantitative estimate of drug-likeness (QED) is 0.233. The van der Waals surface area contributed by atoms with Crippen molar-refractivity contribution >= 4 is 29.2 Å². The summed E-state index contributed by atoms with van der Waals surface area (Å²) in [5.41, 5.74) is 1.94. The van der Waals surface area contributed by atoms with Gasteiger partial charge in [-0.25, -0.2) is 4.79 Å². The third-order valence-electron chi connectivity index (χ3n) is 8.28. The summed E-state index contributed by atoms with van der Waals surface area (Å²) < 4.78 is 24.5. The predicted octanol–water partition coefficient (Wildman–Crippen LogP) is 7.03. The van der Waals surface area contributed by atoms with Crippen molar-refractivity contribution in [1.82, 2.24) is 15.3 Å². The second-order valence-electron chi connectivity index (χ2n) is 10.8. The zero-order valence-electron chi connectivity index (χ0n) is 21.4. The van der Waals surface area contributed by atoms with E-state index in [2.05, 4.69) is 15.3 Å². The summed E-state index contributed by atoms with van der Waals surface area (Å²) >= 11 is 13.0. The van der Waals surface area contributed by atoms with Crippen LogP contribution in [0, 0.1) is 0 Å². The summed E-state index contributed by atoms with van der Waals surface area (Å²) in [5, 5.41) is 18.7. The normalized spacial score (nSPS) is 23.9. The largest absolute Gasteiger partial charge is 0.478 e. The molecule has 2 aromatic heterocycles. The van der Waals surface area contributed by atoms with E-state index in [1.54, 1.807) is 30.3 Å². The molecule has 2 aromatic carbocycles. The molecule has 0 atom stereocenters. The molecule has 0 spiro atoms. The Kier molecular flexibility index (Phi) is 6.23. The molecule has 0 unspecified atom stereocenters. The van der Waals surface area contributed by atoms with Crippen LogP contribution in [0.1, 0.15) is 72.0 Å². The van der Waals surface area contributed by atoms with Gasteiger partial charge in [-0.3, -0.25) is 0 Å². The van der Waals surface area contributed by atoms with Crippen molar-refractivity contribution in [1.29, 1.82) is 0 Å². The van der Waals surface area contributed by atoms with Crippen LogP contribution in [-0.2, 0) is 21.7 Å². The Hall–Kier alpha value is -3.24. The number of aromatic nitrogens is 3.